The zero-order valence-electron chi connectivity index (χ0n) is 11.4. The number of hydrogen-bond acceptors (Lipinski definition) is 3. The number of hydrogen-bond donors (Lipinski definition) is 1. The molecule has 3 N–H and O–H groups in total. The Morgan fingerprint density at radius 3 is 2.81 bits per heavy atom. The van der Waals surface area contributed by atoms with Crippen LogP contribution in [0.15, 0.2) is 47.4 Å². The maximum Gasteiger partial charge on any atom is 0.471 e. The molecular weight excluding hydrogens is 395 g/mol. The van der Waals surface area contributed by atoms with Gasteiger partial charge in [-0.1, -0.05) is 12.2 Å². The summed E-state index contributed by atoms with van der Waals surface area (Å²) >= 11 is 1.71. The predicted molar refractivity (Wildman–Crippen MR) is 82.0 cm³/mol. The molecule has 0 unspecified atom stereocenters. The molecule has 0 bridgehead atoms. The number of fused-ring (bicyclic) bond motifs is 2. The van der Waals surface area contributed by atoms with Crippen molar-refractivity contribution in [3.8, 4) is 5.75 Å². The summed E-state index contributed by atoms with van der Waals surface area (Å²) in [5.41, 5.74) is 7.63. The molecule has 0 aromatic heterocycles. The Morgan fingerprint density at radius 2 is 2.00 bits per heavy atom. The molecule has 1 radical (unpaired) electrons. The lowest BCUT2D eigenvalue weighted by Crippen LogP contribution is -3.00. The lowest BCUT2D eigenvalue weighted by Gasteiger charge is -2.15. The van der Waals surface area contributed by atoms with Crippen molar-refractivity contribution in [3.05, 3.63) is 58.5 Å². The van der Waals surface area contributed by atoms with Gasteiger partial charge in [-0.3, -0.25) is 5.73 Å². The van der Waals surface area contributed by atoms with Crippen molar-refractivity contribution in [2.24, 2.45) is 0 Å². The van der Waals surface area contributed by atoms with E-state index in [9.17, 15) is 0 Å². The van der Waals surface area contributed by atoms with E-state index >= 15 is 0 Å². The third kappa shape index (κ3) is 2.82. The van der Waals surface area contributed by atoms with Crippen LogP contribution in [0.25, 0.3) is 5.70 Å². The summed E-state index contributed by atoms with van der Waals surface area (Å²) in [6.45, 7) is 0. The van der Waals surface area contributed by atoms with E-state index in [1.165, 1.54) is 16.0 Å². The number of allylic oxidation sites excluding steroid dienone is 3. The second kappa shape index (κ2) is 5.98. The second-order valence-electron chi connectivity index (χ2n) is 5.05. The van der Waals surface area contributed by atoms with E-state index in [2.05, 4.69) is 22.9 Å². The highest BCUT2D eigenvalue weighted by atomic mass is 127. The standard InChI is InChI=1S/C16H14N2OS.HI/c17-16-18-15-13-7-6-12(19-11-3-1-2-4-11)9-10(13)5-8-14(15)20-16;/h1-4,6-7,9,11H,5,8,17H2;1H/q+1;. The van der Waals surface area contributed by atoms with Crippen LogP contribution in [-0.2, 0) is 6.42 Å². The van der Waals surface area contributed by atoms with E-state index in [0.717, 1.165) is 29.5 Å². The summed E-state index contributed by atoms with van der Waals surface area (Å²) in [7, 11) is 0. The minimum Gasteiger partial charge on any atom is -1.00 e. The van der Waals surface area contributed by atoms with Crippen LogP contribution in [0, 0.1) is 0 Å². The van der Waals surface area contributed by atoms with Crippen LogP contribution < -0.4 is 39.4 Å². The Bertz CT molecular complexity index is 694. The molecular formula is C16H15IN2OS+. The molecule has 0 saturated heterocycles. The Morgan fingerprint density at radius 1 is 1.19 bits per heavy atom. The molecule has 2 aliphatic carbocycles. The molecule has 1 aromatic rings. The molecule has 3 nitrogen and oxygen atoms in total. The Hall–Kier alpha value is -1.05. The first kappa shape index (κ1) is 14.9. The van der Waals surface area contributed by atoms with E-state index in [-0.39, 0.29) is 30.1 Å². The van der Waals surface area contributed by atoms with Crippen LogP contribution in [-0.4, -0.2) is 11.3 Å². The molecule has 1 aliphatic heterocycles. The van der Waals surface area contributed by atoms with Crippen molar-refractivity contribution in [1.29, 1.82) is 0 Å². The van der Waals surface area contributed by atoms with Gasteiger partial charge in [-0.2, -0.15) is 0 Å². The second-order valence-corrected chi connectivity index (χ2v) is 6.22. The van der Waals surface area contributed by atoms with Crippen molar-refractivity contribution in [3.63, 3.8) is 0 Å². The fourth-order valence-electron chi connectivity index (χ4n) is 2.76. The lowest BCUT2D eigenvalue weighted by molar-refractivity contribution is -0.206. The highest BCUT2D eigenvalue weighted by Crippen LogP contribution is 2.39. The van der Waals surface area contributed by atoms with Crippen molar-refractivity contribution in [1.82, 2.24) is 4.99 Å². The number of aliphatic imine (C=N–C) groups is 1. The summed E-state index contributed by atoms with van der Waals surface area (Å²) < 4.78 is 5.93. The maximum absolute atomic E-state index is 5.93. The zero-order chi connectivity index (χ0) is 13.5. The first-order chi connectivity index (χ1) is 9.79. The summed E-state index contributed by atoms with van der Waals surface area (Å²) in [5, 5.41) is 0.907. The highest BCUT2D eigenvalue weighted by Gasteiger charge is 2.37. The van der Waals surface area contributed by atoms with Crippen LogP contribution in [0.1, 0.15) is 17.5 Å². The van der Waals surface area contributed by atoms with E-state index in [0.29, 0.717) is 0 Å². The average molecular weight is 410 g/mol. The van der Waals surface area contributed by atoms with Gasteiger partial charge in [0.2, 0.25) is 0 Å². The van der Waals surface area contributed by atoms with Gasteiger partial charge in [0, 0.05) is 0 Å². The van der Waals surface area contributed by atoms with E-state index < -0.39 is 0 Å². The van der Waals surface area contributed by atoms with Crippen molar-refractivity contribution in [2.75, 3.05) is 0 Å². The SMILES string of the molecule is [I-].[NH3+]C1=[N+]C2=C(CCc3cc(OC4C=CC=C4)ccc32)S1. The normalized spacial score (nSPS) is 19.2. The number of amidine groups is 1. The van der Waals surface area contributed by atoms with Gasteiger partial charge in [-0.05, 0) is 48.8 Å². The van der Waals surface area contributed by atoms with Gasteiger partial charge in [-0.25, -0.2) is 0 Å². The molecule has 107 valence electrons. The minimum absolute atomic E-state index is 0. The van der Waals surface area contributed by atoms with E-state index in [4.69, 9.17) is 4.74 Å². The van der Waals surface area contributed by atoms with E-state index in [1.54, 1.807) is 11.8 Å². The number of thioether (sulfide) groups is 1. The smallest absolute Gasteiger partial charge is 0.471 e. The van der Waals surface area contributed by atoms with Crippen molar-refractivity contribution >= 4 is 22.6 Å². The Kier molecular flexibility index (Phi) is 4.24. The van der Waals surface area contributed by atoms with Crippen molar-refractivity contribution in [2.45, 2.75) is 18.9 Å². The number of quaternary nitrogens is 1. The molecule has 1 heterocycles. The summed E-state index contributed by atoms with van der Waals surface area (Å²) in [6, 6.07) is 6.32. The number of nitrogens with zero attached hydrogens (tertiary/aromatic N) is 1. The van der Waals surface area contributed by atoms with Gasteiger partial charge in [0.15, 0.2) is 0 Å². The molecule has 4 rings (SSSR count). The van der Waals surface area contributed by atoms with Crippen LogP contribution in [0.5, 0.6) is 5.75 Å². The Balaban J connectivity index is 0.00000132. The Labute approximate surface area is 145 Å². The molecule has 0 saturated carbocycles. The fourth-order valence-corrected chi connectivity index (χ4v) is 3.63. The van der Waals surface area contributed by atoms with Gasteiger partial charge in [0.25, 0.3) is 0 Å². The first-order valence-corrected chi connectivity index (χ1v) is 7.58. The third-order valence-electron chi connectivity index (χ3n) is 3.68. The lowest BCUT2D eigenvalue weighted by atomic mass is 9.94. The number of benzene rings is 1. The highest BCUT2D eigenvalue weighted by molar-refractivity contribution is 8.17. The number of halogens is 1. The zero-order valence-corrected chi connectivity index (χ0v) is 14.4. The largest absolute Gasteiger partial charge is 1.00 e. The first-order valence-electron chi connectivity index (χ1n) is 6.76. The third-order valence-corrected chi connectivity index (χ3v) is 4.65. The molecule has 0 spiro atoms. The maximum atomic E-state index is 5.93. The quantitative estimate of drug-likeness (QED) is 0.627. The molecule has 3 aliphatic rings. The van der Waals surface area contributed by atoms with Gasteiger partial charge >= 0.3 is 10.9 Å². The minimum atomic E-state index is 0. The number of rotatable bonds is 2. The number of ether oxygens (including phenoxy) is 1. The van der Waals surface area contributed by atoms with Gasteiger partial charge in [0.1, 0.15) is 16.8 Å². The fraction of sp³-hybridized carbons (Fsp3) is 0.188. The van der Waals surface area contributed by atoms with Crippen LogP contribution in [0.3, 0.4) is 0 Å². The molecule has 0 fully saturated rings. The summed E-state index contributed by atoms with van der Waals surface area (Å²) in [4.78, 5) is 5.93. The molecule has 1 aromatic carbocycles. The van der Waals surface area contributed by atoms with Gasteiger partial charge < -0.3 is 28.7 Å². The summed E-state index contributed by atoms with van der Waals surface area (Å²) in [5.74, 6) is 0.929. The number of aryl methyl sites for hydroxylation is 1. The van der Waals surface area contributed by atoms with Crippen molar-refractivity contribution < 1.29 is 34.4 Å². The monoisotopic (exact) mass is 410 g/mol. The van der Waals surface area contributed by atoms with Crippen LogP contribution in [0.2, 0.25) is 0 Å². The topological polar surface area (TPSA) is 51.0 Å². The molecule has 21 heavy (non-hydrogen) atoms. The average Bonchev–Trinajstić information content (AvgIpc) is 3.06. The molecule has 5 heteroatoms. The predicted octanol–water partition coefficient (Wildman–Crippen LogP) is -1.14. The molecule has 0 atom stereocenters. The summed E-state index contributed by atoms with van der Waals surface area (Å²) in [6.07, 6.45) is 10.3. The van der Waals surface area contributed by atoms with Gasteiger partial charge in [0.05, 0.1) is 22.2 Å². The van der Waals surface area contributed by atoms with Crippen LogP contribution >= 0.6 is 11.8 Å². The molecule has 0 amide bonds. The van der Waals surface area contributed by atoms with Crippen LogP contribution in [0.4, 0.5) is 0 Å². The van der Waals surface area contributed by atoms with Gasteiger partial charge in [-0.15, -0.1) is 0 Å². The van der Waals surface area contributed by atoms with E-state index in [1.807, 2.05) is 30.4 Å².